The van der Waals surface area contributed by atoms with Gasteiger partial charge in [0.05, 0.1) is 13.7 Å². The van der Waals surface area contributed by atoms with E-state index in [1.54, 1.807) is 7.11 Å². The summed E-state index contributed by atoms with van der Waals surface area (Å²) in [4.78, 5) is 4.69. The molecule has 3 N–H and O–H groups in total. The smallest absolute Gasteiger partial charge is 0.191 e. The van der Waals surface area contributed by atoms with Crippen LogP contribution in [0.2, 0.25) is 0 Å². The lowest BCUT2D eigenvalue weighted by Crippen LogP contribution is -2.44. The van der Waals surface area contributed by atoms with Crippen molar-refractivity contribution in [2.75, 3.05) is 40.0 Å². The van der Waals surface area contributed by atoms with E-state index in [1.807, 2.05) is 31.2 Å². The zero-order valence-electron chi connectivity index (χ0n) is 17.0. The molecular weight excluding hydrogens is 328 g/mol. The Morgan fingerprint density at radius 2 is 1.73 bits per heavy atom. The maximum Gasteiger partial charge on any atom is 0.191 e. The van der Waals surface area contributed by atoms with Gasteiger partial charge in [-0.3, -0.25) is 0 Å². The Morgan fingerprint density at radius 3 is 2.35 bits per heavy atom. The highest BCUT2D eigenvalue weighted by atomic mass is 16.5. The highest BCUT2D eigenvalue weighted by molar-refractivity contribution is 5.79. The van der Waals surface area contributed by atoms with Crippen molar-refractivity contribution in [2.45, 2.75) is 46.2 Å². The van der Waals surface area contributed by atoms with E-state index in [-0.39, 0.29) is 5.54 Å². The Hall–Kier alpha value is -1.79. The van der Waals surface area contributed by atoms with Gasteiger partial charge in [-0.1, -0.05) is 12.1 Å². The van der Waals surface area contributed by atoms with Gasteiger partial charge in [0.15, 0.2) is 5.96 Å². The van der Waals surface area contributed by atoms with Crippen LogP contribution in [0.4, 0.5) is 0 Å². The lowest BCUT2D eigenvalue weighted by Gasteiger charge is -2.21. The lowest BCUT2D eigenvalue weighted by molar-refractivity contribution is 0.145. The second kappa shape index (κ2) is 12.5. The van der Waals surface area contributed by atoms with Crippen molar-refractivity contribution in [3.63, 3.8) is 0 Å². The summed E-state index contributed by atoms with van der Waals surface area (Å²) in [6.45, 7) is 13.2. The molecule has 0 bridgehead atoms. The second-order valence-electron chi connectivity index (χ2n) is 7.09. The summed E-state index contributed by atoms with van der Waals surface area (Å²) < 4.78 is 10.6. The normalized spacial score (nSPS) is 12.1. The molecule has 0 aromatic heterocycles. The van der Waals surface area contributed by atoms with Gasteiger partial charge in [-0.15, -0.1) is 0 Å². The predicted molar refractivity (Wildman–Crippen MR) is 109 cm³/mol. The van der Waals surface area contributed by atoms with Crippen LogP contribution in [0.1, 0.15) is 39.7 Å². The van der Waals surface area contributed by atoms with Crippen molar-refractivity contribution in [3.05, 3.63) is 29.8 Å². The fourth-order valence-electron chi connectivity index (χ4n) is 2.22. The van der Waals surface area contributed by atoms with Crippen LogP contribution < -0.4 is 20.7 Å². The third-order valence-electron chi connectivity index (χ3n) is 3.61. The van der Waals surface area contributed by atoms with Gasteiger partial charge in [0, 0.05) is 38.4 Å². The Labute approximate surface area is 158 Å². The highest BCUT2D eigenvalue weighted by Crippen LogP contribution is 2.11. The molecule has 0 fully saturated rings. The molecule has 26 heavy (non-hydrogen) atoms. The van der Waals surface area contributed by atoms with E-state index in [1.165, 1.54) is 0 Å². The highest BCUT2D eigenvalue weighted by Gasteiger charge is 2.07. The third-order valence-corrected chi connectivity index (χ3v) is 3.61. The molecule has 0 radical (unpaired) electrons. The number of nitrogens with one attached hydrogen (secondary N) is 3. The van der Waals surface area contributed by atoms with Crippen molar-refractivity contribution in [3.8, 4) is 5.75 Å². The van der Waals surface area contributed by atoms with Crippen LogP contribution in [0.15, 0.2) is 29.3 Å². The summed E-state index contributed by atoms with van der Waals surface area (Å²) >= 11 is 0. The molecule has 0 heterocycles. The van der Waals surface area contributed by atoms with Crippen molar-refractivity contribution in [1.29, 1.82) is 0 Å². The molecule has 0 saturated heterocycles. The molecule has 0 saturated carbocycles. The molecule has 0 aliphatic heterocycles. The predicted octanol–water partition coefficient (Wildman–Crippen LogP) is 2.55. The Bertz CT molecular complexity index is 510. The fourth-order valence-corrected chi connectivity index (χ4v) is 2.22. The van der Waals surface area contributed by atoms with Crippen LogP contribution >= 0.6 is 0 Å². The average molecular weight is 365 g/mol. The van der Waals surface area contributed by atoms with Crippen LogP contribution in [-0.4, -0.2) is 51.5 Å². The SMILES string of the molecule is CCOCCCNC(=NCc1ccc(OC)cc1)NCCNC(C)(C)C. The van der Waals surface area contributed by atoms with Gasteiger partial charge < -0.3 is 25.4 Å². The summed E-state index contributed by atoms with van der Waals surface area (Å²) in [6.07, 6.45) is 0.956. The van der Waals surface area contributed by atoms with E-state index in [4.69, 9.17) is 9.47 Å². The first-order valence-corrected chi connectivity index (χ1v) is 9.42. The molecule has 0 atom stereocenters. The van der Waals surface area contributed by atoms with Gasteiger partial charge in [-0.2, -0.15) is 0 Å². The van der Waals surface area contributed by atoms with Crippen LogP contribution in [0.3, 0.4) is 0 Å². The zero-order valence-corrected chi connectivity index (χ0v) is 17.0. The third kappa shape index (κ3) is 10.9. The van der Waals surface area contributed by atoms with E-state index < -0.39 is 0 Å². The van der Waals surface area contributed by atoms with Crippen molar-refractivity contribution >= 4 is 5.96 Å². The number of methoxy groups -OCH3 is 1. The Balaban J connectivity index is 2.50. The number of ether oxygens (including phenoxy) is 2. The summed E-state index contributed by atoms with van der Waals surface area (Å²) in [5.41, 5.74) is 1.27. The number of benzene rings is 1. The average Bonchev–Trinajstić information content (AvgIpc) is 2.61. The molecule has 0 aliphatic rings. The standard InChI is InChI=1S/C20H36N4O2/c1-6-26-15-7-12-21-19(22-13-14-24-20(2,3)4)23-16-17-8-10-18(25-5)11-9-17/h8-11,24H,6-7,12-16H2,1-5H3,(H2,21,22,23). The van der Waals surface area contributed by atoms with E-state index in [0.29, 0.717) is 6.54 Å². The Morgan fingerprint density at radius 1 is 1.04 bits per heavy atom. The van der Waals surface area contributed by atoms with Gasteiger partial charge in [0.1, 0.15) is 5.75 Å². The van der Waals surface area contributed by atoms with E-state index in [9.17, 15) is 0 Å². The minimum absolute atomic E-state index is 0.118. The molecule has 1 aromatic rings. The van der Waals surface area contributed by atoms with Crippen molar-refractivity contribution in [2.24, 2.45) is 4.99 Å². The molecule has 0 unspecified atom stereocenters. The van der Waals surface area contributed by atoms with E-state index in [2.05, 4.69) is 41.7 Å². The maximum absolute atomic E-state index is 5.38. The van der Waals surface area contributed by atoms with Crippen LogP contribution in [-0.2, 0) is 11.3 Å². The minimum Gasteiger partial charge on any atom is -0.497 e. The summed E-state index contributed by atoms with van der Waals surface area (Å²) in [7, 11) is 1.67. The van der Waals surface area contributed by atoms with Gasteiger partial charge >= 0.3 is 0 Å². The van der Waals surface area contributed by atoms with Gasteiger partial charge in [-0.05, 0) is 51.8 Å². The monoisotopic (exact) mass is 364 g/mol. The zero-order chi connectivity index (χ0) is 19.3. The fraction of sp³-hybridized carbons (Fsp3) is 0.650. The van der Waals surface area contributed by atoms with E-state index >= 15 is 0 Å². The molecule has 0 aliphatic carbocycles. The number of nitrogens with zero attached hydrogens (tertiary/aromatic N) is 1. The molecule has 1 rings (SSSR count). The van der Waals surface area contributed by atoms with E-state index in [0.717, 1.165) is 56.5 Å². The number of rotatable bonds is 11. The van der Waals surface area contributed by atoms with Crippen molar-refractivity contribution < 1.29 is 9.47 Å². The number of hydrogen-bond acceptors (Lipinski definition) is 4. The Kier molecular flexibility index (Phi) is 10.7. The first-order valence-electron chi connectivity index (χ1n) is 9.42. The largest absolute Gasteiger partial charge is 0.497 e. The summed E-state index contributed by atoms with van der Waals surface area (Å²) in [6, 6.07) is 7.99. The topological polar surface area (TPSA) is 66.9 Å². The van der Waals surface area contributed by atoms with Gasteiger partial charge in [0.2, 0.25) is 0 Å². The summed E-state index contributed by atoms with van der Waals surface area (Å²) in [5, 5.41) is 10.2. The maximum atomic E-state index is 5.38. The quantitative estimate of drug-likeness (QED) is 0.320. The van der Waals surface area contributed by atoms with Crippen LogP contribution in [0.25, 0.3) is 0 Å². The lowest BCUT2D eigenvalue weighted by atomic mass is 10.1. The molecule has 6 heteroatoms. The molecule has 148 valence electrons. The minimum atomic E-state index is 0.118. The number of hydrogen-bond donors (Lipinski definition) is 3. The molecule has 1 aromatic carbocycles. The number of aliphatic imine (C=N–C) groups is 1. The molecule has 0 amide bonds. The van der Waals surface area contributed by atoms with Gasteiger partial charge in [0.25, 0.3) is 0 Å². The van der Waals surface area contributed by atoms with Gasteiger partial charge in [-0.25, -0.2) is 4.99 Å². The molecule has 0 spiro atoms. The first-order chi connectivity index (χ1) is 12.4. The first kappa shape index (κ1) is 22.3. The molecular formula is C20H36N4O2. The molecule has 6 nitrogen and oxygen atoms in total. The second-order valence-corrected chi connectivity index (χ2v) is 7.09. The van der Waals surface area contributed by atoms with Crippen LogP contribution in [0, 0.1) is 0 Å². The number of guanidine groups is 1. The summed E-state index contributed by atoms with van der Waals surface area (Å²) in [5.74, 6) is 1.69. The van der Waals surface area contributed by atoms with Crippen molar-refractivity contribution in [1.82, 2.24) is 16.0 Å². The van der Waals surface area contributed by atoms with Crippen LogP contribution in [0.5, 0.6) is 5.75 Å².